The maximum Gasteiger partial charge on any atom is 0.281 e. The lowest BCUT2D eigenvalue weighted by molar-refractivity contribution is -0.384. The van der Waals surface area contributed by atoms with Crippen LogP contribution in [-0.4, -0.2) is 22.2 Å². The van der Waals surface area contributed by atoms with Gasteiger partial charge in [0.25, 0.3) is 5.69 Å². The summed E-state index contributed by atoms with van der Waals surface area (Å²) < 4.78 is 5.75. The second kappa shape index (κ2) is 7.34. The first-order valence-corrected chi connectivity index (χ1v) is 8.35. The lowest BCUT2D eigenvalue weighted by Gasteiger charge is -2.25. The van der Waals surface area contributed by atoms with E-state index in [1.807, 2.05) is 6.07 Å². The molecule has 0 unspecified atom stereocenters. The summed E-state index contributed by atoms with van der Waals surface area (Å²) in [5, 5.41) is 24.4. The topological polar surface area (TPSA) is 88.5 Å². The van der Waals surface area contributed by atoms with Crippen molar-refractivity contribution in [2.24, 2.45) is 0 Å². The van der Waals surface area contributed by atoms with E-state index in [0.717, 1.165) is 31.4 Å². The first-order valence-electron chi connectivity index (χ1n) is 7.97. The monoisotopic (exact) mass is 350 g/mol. The molecule has 0 radical (unpaired) electrons. The van der Waals surface area contributed by atoms with Crippen LogP contribution < -0.4 is 5.32 Å². The predicted molar refractivity (Wildman–Crippen MR) is 90.9 cm³/mol. The predicted octanol–water partition coefficient (Wildman–Crippen LogP) is 3.90. The molecule has 1 fully saturated rings. The molecule has 3 rings (SSSR count). The smallest absolute Gasteiger partial charge is 0.281 e. The molecular weight excluding hydrogens is 332 g/mol. The highest BCUT2D eigenvalue weighted by atomic mass is 35.5. The van der Waals surface area contributed by atoms with Crippen LogP contribution in [0, 0.1) is 10.1 Å². The Morgan fingerprint density at radius 3 is 2.71 bits per heavy atom. The van der Waals surface area contributed by atoms with Gasteiger partial charge in [0, 0.05) is 17.1 Å². The molecule has 2 aromatic rings. The van der Waals surface area contributed by atoms with Gasteiger partial charge in [0.1, 0.15) is 11.5 Å². The van der Waals surface area contributed by atoms with E-state index in [1.54, 1.807) is 18.2 Å². The zero-order valence-electron chi connectivity index (χ0n) is 13.1. The summed E-state index contributed by atoms with van der Waals surface area (Å²) in [6.07, 6.45) is 3.34. The second-order valence-electron chi connectivity index (χ2n) is 6.07. The number of furan rings is 1. The van der Waals surface area contributed by atoms with Crippen molar-refractivity contribution in [1.29, 1.82) is 0 Å². The third-order valence-electron chi connectivity index (χ3n) is 4.35. The molecule has 0 atom stereocenters. The molecule has 0 aliphatic heterocycles. The van der Waals surface area contributed by atoms with Crippen LogP contribution in [0.25, 0.3) is 11.3 Å². The van der Waals surface area contributed by atoms with Crippen LogP contribution in [0.1, 0.15) is 31.4 Å². The van der Waals surface area contributed by atoms with Crippen LogP contribution in [0.4, 0.5) is 5.69 Å². The first-order chi connectivity index (χ1) is 11.5. The largest absolute Gasteiger partial charge is 0.459 e. The van der Waals surface area contributed by atoms with Crippen molar-refractivity contribution in [2.75, 3.05) is 0 Å². The van der Waals surface area contributed by atoms with Gasteiger partial charge in [-0.1, -0.05) is 11.6 Å². The van der Waals surface area contributed by atoms with E-state index in [4.69, 9.17) is 16.0 Å². The number of aliphatic hydroxyl groups is 1. The van der Waals surface area contributed by atoms with Gasteiger partial charge in [0.15, 0.2) is 0 Å². The molecule has 1 aromatic carbocycles. The van der Waals surface area contributed by atoms with E-state index in [1.165, 1.54) is 6.07 Å². The number of nitro groups is 1. The fraction of sp³-hybridized carbons (Fsp3) is 0.412. The molecule has 1 aliphatic rings. The Labute approximate surface area is 144 Å². The number of nitro benzene ring substituents is 1. The number of halogens is 1. The Balaban J connectivity index is 1.69. The zero-order valence-corrected chi connectivity index (χ0v) is 13.8. The van der Waals surface area contributed by atoms with Crippen LogP contribution >= 0.6 is 11.6 Å². The number of rotatable bonds is 5. The van der Waals surface area contributed by atoms with Crippen molar-refractivity contribution in [3.63, 3.8) is 0 Å². The number of nitrogens with one attached hydrogen (secondary N) is 1. The molecular formula is C17H19ClN2O4. The van der Waals surface area contributed by atoms with Crippen LogP contribution in [0.15, 0.2) is 34.7 Å². The molecule has 24 heavy (non-hydrogen) atoms. The van der Waals surface area contributed by atoms with E-state index in [2.05, 4.69) is 5.32 Å². The van der Waals surface area contributed by atoms with Gasteiger partial charge in [-0.25, -0.2) is 0 Å². The van der Waals surface area contributed by atoms with Crippen molar-refractivity contribution in [1.82, 2.24) is 5.32 Å². The molecule has 0 bridgehead atoms. The first kappa shape index (κ1) is 17.0. The summed E-state index contributed by atoms with van der Waals surface area (Å²) in [5.74, 6) is 1.18. The molecule has 7 heteroatoms. The summed E-state index contributed by atoms with van der Waals surface area (Å²) in [6, 6.07) is 8.45. The highest BCUT2D eigenvalue weighted by Gasteiger charge is 2.21. The van der Waals surface area contributed by atoms with Gasteiger partial charge in [-0.15, -0.1) is 0 Å². The number of hydrogen-bond acceptors (Lipinski definition) is 5. The quantitative estimate of drug-likeness (QED) is 0.630. The van der Waals surface area contributed by atoms with Gasteiger partial charge in [-0.05, 0) is 49.9 Å². The van der Waals surface area contributed by atoms with E-state index < -0.39 is 4.92 Å². The Kier molecular flexibility index (Phi) is 5.18. The van der Waals surface area contributed by atoms with Gasteiger partial charge in [-0.3, -0.25) is 10.1 Å². The fourth-order valence-electron chi connectivity index (χ4n) is 3.01. The average Bonchev–Trinajstić information content (AvgIpc) is 3.03. The number of nitrogens with zero attached hydrogens (tertiary/aromatic N) is 1. The van der Waals surface area contributed by atoms with Crippen molar-refractivity contribution < 1.29 is 14.4 Å². The molecule has 2 N–H and O–H groups in total. The van der Waals surface area contributed by atoms with E-state index in [-0.39, 0.29) is 11.8 Å². The van der Waals surface area contributed by atoms with Crippen molar-refractivity contribution >= 4 is 17.3 Å². The maximum atomic E-state index is 11.2. The molecule has 6 nitrogen and oxygen atoms in total. The Morgan fingerprint density at radius 2 is 2.00 bits per heavy atom. The third kappa shape index (κ3) is 3.95. The highest BCUT2D eigenvalue weighted by molar-refractivity contribution is 6.30. The molecule has 1 heterocycles. The van der Waals surface area contributed by atoms with E-state index in [0.29, 0.717) is 28.9 Å². The second-order valence-corrected chi connectivity index (χ2v) is 6.51. The average molecular weight is 351 g/mol. The summed E-state index contributed by atoms with van der Waals surface area (Å²) in [7, 11) is 0. The summed E-state index contributed by atoms with van der Waals surface area (Å²) in [4.78, 5) is 10.7. The Morgan fingerprint density at radius 1 is 1.25 bits per heavy atom. The standard InChI is InChI=1S/C17H19ClN2O4/c18-11-1-7-15(16(9-11)20(22)23)17-8-6-14(24-17)10-19-12-2-4-13(21)5-3-12/h1,6-9,12-13,19,21H,2-5,10H2. The lowest BCUT2D eigenvalue weighted by atomic mass is 9.93. The molecule has 128 valence electrons. The van der Waals surface area contributed by atoms with Crippen molar-refractivity contribution in [3.05, 3.63) is 51.2 Å². The molecule has 1 aliphatic carbocycles. The third-order valence-corrected chi connectivity index (χ3v) is 4.58. The molecule has 1 saturated carbocycles. The number of hydrogen-bond donors (Lipinski definition) is 2. The Bertz CT molecular complexity index is 723. The van der Waals surface area contributed by atoms with E-state index >= 15 is 0 Å². The lowest BCUT2D eigenvalue weighted by Crippen LogP contribution is -2.34. The van der Waals surface area contributed by atoms with E-state index in [9.17, 15) is 15.2 Å². The number of aliphatic hydroxyl groups excluding tert-OH is 1. The fourth-order valence-corrected chi connectivity index (χ4v) is 3.17. The molecule has 1 aromatic heterocycles. The van der Waals surface area contributed by atoms with Crippen LogP contribution in [0.5, 0.6) is 0 Å². The van der Waals surface area contributed by atoms with Crippen LogP contribution in [-0.2, 0) is 6.54 Å². The van der Waals surface area contributed by atoms with Gasteiger partial charge in [0.2, 0.25) is 0 Å². The maximum absolute atomic E-state index is 11.2. The summed E-state index contributed by atoms with van der Waals surface area (Å²) >= 11 is 5.84. The molecule has 0 saturated heterocycles. The minimum Gasteiger partial charge on any atom is -0.459 e. The van der Waals surface area contributed by atoms with Gasteiger partial charge in [-0.2, -0.15) is 0 Å². The SMILES string of the molecule is O=[N+]([O-])c1cc(Cl)ccc1-c1ccc(CNC2CCC(O)CC2)o1. The molecule has 0 amide bonds. The minimum atomic E-state index is -0.463. The summed E-state index contributed by atoms with van der Waals surface area (Å²) in [6.45, 7) is 0.558. The van der Waals surface area contributed by atoms with Crippen LogP contribution in [0.3, 0.4) is 0 Å². The van der Waals surface area contributed by atoms with Gasteiger partial charge < -0.3 is 14.8 Å². The zero-order chi connectivity index (χ0) is 17.1. The highest BCUT2D eigenvalue weighted by Crippen LogP contribution is 2.33. The van der Waals surface area contributed by atoms with Crippen LogP contribution in [0.2, 0.25) is 5.02 Å². The Hall–Kier alpha value is -1.89. The number of benzene rings is 1. The van der Waals surface area contributed by atoms with Gasteiger partial charge in [0.05, 0.1) is 23.1 Å². The molecule has 0 spiro atoms. The van der Waals surface area contributed by atoms with Gasteiger partial charge >= 0.3 is 0 Å². The van der Waals surface area contributed by atoms with Crippen molar-refractivity contribution in [2.45, 2.75) is 44.4 Å². The van der Waals surface area contributed by atoms with Crippen molar-refractivity contribution in [3.8, 4) is 11.3 Å². The minimum absolute atomic E-state index is 0.0716. The normalized spacial score (nSPS) is 20.9. The summed E-state index contributed by atoms with van der Waals surface area (Å²) in [5.41, 5.74) is 0.342.